The van der Waals surface area contributed by atoms with Crippen molar-refractivity contribution < 1.29 is 19.1 Å². The number of carbonyl (C=O) groups is 3. The van der Waals surface area contributed by atoms with E-state index in [0.717, 1.165) is 26.2 Å². The summed E-state index contributed by atoms with van der Waals surface area (Å²) in [5, 5.41) is 5.15. The highest BCUT2D eigenvalue weighted by Crippen LogP contribution is 2.24. The van der Waals surface area contributed by atoms with Gasteiger partial charge in [0.2, 0.25) is 5.91 Å². The van der Waals surface area contributed by atoms with Gasteiger partial charge < -0.3 is 19.4 Å². The van der Waals surface area contributed by atoms with Crippen LogP contribution in [0, 0.1) is 0 Å². The van der Waals surface area contributed by atoms with E-state index >= 15 is 0 Å². The van der Waals surface area contributed by atoms with Crippen LogP contribution in [0.1, 0.15) is 44.7 Å². The molecule has 1 aromatic rings. The molecule has 1 saturated carbocycles. The summed E-state index contributed by atoms with van der Waals surface area (Å²) < 4.78 is 5.01. The molecular formula is C23H36N6O4S. The molecular weight excluding hydrogens is 456 g/mol. The second-order valence-electron chi connectivity index (χ2n) is 9.13. The van der Waals surface area contributed by atoms with Gasteiger partial charge in [-0.2, -0.15) is 0 Å². The summed E-state index contributed by atoms with van der Waals surface area (Å²) in [4.78, 5) is 49.4. The van der Waals surface area contributed by atoms with Crippen molar-refractivity contribution in [1.82, 2.24) is 24.6 Å². The highest BCUT2D eigenvalue weighted by atomic mass is 32.1. The summed E-state index contributed by atoms with van der Waals surface area (Å²) in [7, 11) is 0. The number of nitrogens with zero attached hydrogens (tertiary/aromatic N) is 5. The lowest BCUT2D eigenvalue weighted by Crippen LogP contribution is -2.52. The molecule has 0 spiro atoms. The van der Waals surface area contributed by atoms with Gasteiger partial charge in [-0.05, 0) is 19.8 Å². The Bertz CT molecular complexity index is 842. The fraction of sp³-hybridized carbons (Fsp3) is 0.739. The maximum atomic E-state index is 12.8. The Hall–Kier alpha value is -2.40. The van der Waals surface area contributed by atoms with Gasteiger partial charge in [-0.25, -0.2) is 14.6 Å². The van der Waals surface area contributed by atoms with Crippen LogP contribution in [0.3, 0.4) is 0 Å². The van der Waals surface area contributed by atoms with Crippen LogP contribution in [0.25, 0.3) is 0 Å². The van der Waals surface area contributed by atoms with Crippen molar-refractivity contribution in [2.24, 2.45) is 0 Å². The number of thiazole rings is 1. The molecule has 2 aliphatic heterocycles. The van der Waals surface area contributed by atoms with Gasteiger partial charge in [0.15, 0.2) is 5.13 Å². The lowest BCUT2D eigenvalue weighted by atomic mass is 9.94. The summed E-state index contributed by atoms with van der Waals surface area (Å²) in [6.45, 7) is 7.34. The van der Waals surface area contributed by atoms with Crippen LogP contribution < -0.4 is 5.32 Å². The number of hydrogen-bond donors (Lipinski definition) is 1. The summed E-state index contributed by atoms with van der Waals surface area (Å²) in [5.74, 6) is 0.0987. The van der Waals surface area contributed by atoms with Crippen LogP contribution in [-0.2, 0) is 16.0 Å². The standard InChI is InChI=1S/C23H36N6O4S/c1-2-33-23(32)29-14-12-28(13-15-29)22(31)25-21-24-18(17-34-21)16-20(30)27-10-8-26(9-11-27)19-6-4-3-5-7-19/h17,19H,2-16H2,1H3,(H,24,25,31). The second kappa shape index (κ2) is 11.8. The molecule has 3 aliphatic rings. The number of aromatic nitrogens is 1. The summed E-state index contributed by atoms with van der Waals surface area (Å²) in [5.41, 5.74) is 0.687. The highest BCUT2D eigenvalue weighted by Gasteiger charge is 2.28. The van der Waals surface area contributed by atoms with Gasteiger partial charge in [0, 0.05) is 63.8 Å². The molecule has 4 amide bonds. The molecule has 188 valence electrons. The number of hydrogen-bond acceptors (Lipinski definition) is 7. The minimum absolute atomic E-state index is 0.0987. The fourth-order valence-electron chi connectivity index (χ4n) is 4.97. The number of nitrogens with one attached hydrogen (secondary N) is 1. The third-order valence-corrected chi connectivity index (χ3v) is 7.76. The Labute approximate surface area is 205 Å². The molecule has 11 heteroatoms. The normalized spacial score (nSPS) is 20.3. The molecule has 10 nitrogen and oxygen atoms in total. The average Bonchev–Trinajstić information content (AvgIpc) is 3.31. The third-order valence-electron chi connectivity index (χ3n) is 6.95. The van der Waals surface area contributed by atoms with E-state index in [-0.39, 0.29) is 24.5 Å². The van der Waals surface area contributed by atoms with E-state index in [9.17, 15) is 14.4 Å². The Balaban J connectivity index is 1.19. The predicted molar refractivity (Wildman–Crippen MR) is 130 cm³/mol. The second-order valence-corrected chi connectivity index (χ2v) is 9.99. The fourth-order valence-corrected chi connectivity index (χ4v) is 5.67. The first-order valence-corrected chi connectivity index (χ1v) is 13.4. The van der Waals surface area contributed by atoms with E-state index in [2.05, 4.69) is 15.2 Å². The smallest absolute Gasteiger partial charge is 0.409 e. The lowest BCUT2D eigenvalue weighted by Gasteiger charge is -2.40. The number of rotatable bonds is 5. The Morgan fingerprint density at radius 2 is 1.62 bits per heavy atom. The zero-order valence-corrected chi connectivity index (χ0v) is 20.9. The summed E-state index contributed by atoms with van der Waals surface area (Å²) in [6.07, 6.45) is 6.52. The first-order valence-electron chi connectivity index (χ1n) is 12.5. The van der Waals surface area contributed by atoms with Crippen molar-refractivity contribution in [1.29, 1.82) is 0 Å². The molecule has 3 fully saturated rings. The van der Waals surface area contributed by atoms with E-state index in [1.165, 1.54) is 43.4 Å². The molecule has 1 aromatic heterocycles. The molecule has 34 heavy (non-hydrogen) atoms. The molecule has 0 radical (unpaired) electrons. The van der Waals surface area contributed by atoms with Gasteiger partial charge in [-0.1, -0.05) is 19.3 Å². The topological polar surface area (TPSA) is 98.3 Å². The Morgan fingerprint density at radius 3 is 2.29 bits per heavy atom. The molecule has 2 saturated heterocycles. The zero-order chi connectivity index (χ0) is 23.9. The Kier molecular flexibility index (Phi) is 8.60. The van der Waals surface area contributed by atoms with Crippen molar-refractivity contribution in [2.75, 3.05) is 64.3 Å². The minimum Gasteiger partial charge on any atom is -0.450 e. The maximum absolute atomic E-state index is 12.8. The van der Waals surface area contributed by atoms with E-state index in [1.54, 1.807) is 16.7 Å². The highest BCUT2D eigenvalue weighted by molar-refractivity contribution is 7.13. The number of anilines is 1. The number of piperazine rings is 2. The quantitative estimate of drug-likeness (QED) is 0.678. The van der Waals surface area contributed by atoms with Crippen LogP contribution in [0.4, 0.5) is 14.7 Å². The van der Waals surface area contributed by atoms with Gasteiger partial charge >= 0.3 is 12.1 Å². The molecule has 3 heterocycles. The van der Waals surface area contributed by atoms with Crippen LogP contribution >= 0.6 is 11.3 Å². The van der Waals surface area contributed by atoms with Crippen LogP contribution in [0.15, 0.2) is 5.38 Å². The first kappa shape index (κ1) is 24.7. The molecule has 1 aliphatic carbocycles. The average molecular weight is 493 g/mol. The largest absolute Gasteiger partial charge is 0.450 e. The third kappa shape index (κ3) is 6.38. The zero-order valence-electron chi connectivity index (χ0n) is 20.0. The van der Waals surface area contributed by atoms with Gasteiger partial charge in [0.25, 0.3) is 0 Å². The van der Waals surface area contributed by atoms with Crippen molar-refractivity contribution in [3.8, 4) is 0 Å². The first-order chi connectivity index (χ1) is 16.5. The number of carbonyl (C=O) groups excluding carboxylic acids is 3. The van der Waals surface area contributed by atoms with Gasteiger partial charge in [0.1, 0.15) is 0 Å². The maximum Gasteiger partial charge on any atom is 0.409 e. The summed E-state index contributed by atoms with van der Waals surface area (Å²) in [6, 6.07) is 0.457. The molecule has 1 N–H and O–H groups in total. The minimum atomic E-state index is -0.341. The van der Waals surface area contributed by atoms with Crippen molar-refractivity contribution in [3.05, 3.63) is 11.1 Å². The van der Waals surface area contributed by atoms with Gasteiger partial charge in [0.05, 0.1) is 18.7 Å². The molecule has 4 rings (SSSR count). The van der Waals surface area contributed by atoms with Gasteiger partial charge in [-0.3, -0.25) is 15.0 Å². The van der Waals surface area contributed by atoms with Gasteiger partial charge in [-0.15, -0.1) is 11.3 Å². The van der Waals surface area contributed by atoms with E-state index in [4.69, 9.17) is 4.74 Å². The Morgan fingerprint density at radius 1 is 0.971 bits per heavy atom. The number of amides is 4. The van der Waals surface area contributed by atoms with E-state index in [1.807, 2.05) is 10.3 Å². The molecule has 0 bridgehead atoms. The predicted octanol–water partition coefficient (Wildman–Crippen LogP) is 2.47. The van der Waals surface area contributed by atoms with E-state index < -0.39 is 0 Å². The van der Waals surface area contributed by atoms with E-state index in [0.29, 0.717) is 49.7 Å². The molecule has 0 unspecified atom stereocenters. The van der Waals surface area contributed by atoms with Crippen molar-refractivity contribution in [3.63, 3.8) is 0 Å². The van der Waals surface area contributed by atoms with Crippen LogP contribution in [0.2, 0.25) is 0 Å². The van der Waals surface area contributed by atoms with Crippen LogP contribution in [-0.4, -0.2) is 108 Å². The lowest BCUT2D eigenvalue weighted by molar-refractivity contribution is -0.132. The molecule has 0 atom stereocenters. The molecule has 0 aromatic carbocycles. The van der Waals surface area contributed by atoms with Crippen molar-refractivity contribution in [2.45, 2.75) is 51.5 Å². The SMILES string of the molecule is CCOC(=O)N1CCN(C(=O)Nc2nc(CC(=O)N3CCN(C4CCCCC4)CC3)cs2)CC1. The monoisotopic (exact) mass is 492 g/mol. The van der Waals surface area contributed by atoms with Crippen molar-refractivity contribution >= 4 is 34.5 Å². The summed E-state index contributed by atoms with van der Waals surface area (Å²) >= 11 is 1.33. The van der Waals surface area contributed by atoms with Crippen LogP contribution in [0.5, 0.6) is 0 Å². The number of urea groups is 1. The number of ether oxygens (including phenoxy) is 1.